The van der Waals surface area contributed by atoms with E-state index < -0.39 is 17.7 Å². The maximum Gasteiger partial charge on any atom is 0.397 e. The number of halogens is 1. The molecular weight excluding hydrogens is 213 g/mol. The Labute approximate surface area is 92.6 Å². The predicted molar refractivity (Wildman–Crippen MR) is 56.4 cm³/mol. The lowest BCUT2D eigenvalue weighted by Gasteiger charge is -2.19. The SMILES string of the molecule is CCN(C(=O)C(=O)OC)c1cccc(F)c1. The van der Waals surface area contributed by atoms with E-state index in [1.54, 1.807) is 13.0 Å². The number of rotatable bonds is 2. The molecule has 1 aromatic carbocycles. The van der Waals surface area contributed by atoms with Gasteiger partial charge in [0.1, 0.15) is 5.82 Å². The highest BCUT2D eigenvalue weighted by Crippen LogP contribution is 2.15. The smallest absolute Gasteiger partial charge is 0.397 e. The number of ether oxygens (including phenoxy) is 1. The van der Waals surface area contributed by atoms with Crippen LogP contribution in [-0.4, -0.2) is 25.5 Å². The summed E-state index contributed by atoms with van der Waals surface area (Å²) in [5.74, 6) is -2.24. The fraction of sp³-hybridized carbons (Fsp3) is 0.273. The van der Waals surface area contributed by atoms with Crippen molar-refractivity contribution in [3.05, 3.63) is 30.1 Å². The van der Waals surface area contributed by atoms with E-state index in [2.05, 4.69) is 4.74 Å². The molecule has 0 N–H and O–H groups in total. The minimum absolute atomic E-state index is 0.261. The molecule has 0 spiro atoms. The predicted octanol–water partition coefficient (Wildman–Crippen LogP) is 1.35. The maximum atomic E-state index is 13.0. The van der Waals surface area contributed by atoms with Crippen LogP contribution in [0.1, 0.15) is 6.92 Å². The highest BCUT2D eigenvalue weighted by atomic mass is 19.1. The van der Waals surface area contributed by atoms with Crippen LogP contribution in [0.4, 0.5) is 10.1 Å². The highest BCUT2D eigenvalue weighted by Gasteiger charge is 2.22. The summed E-state index contributed by atoms with van der Waals surface area (Å²) in [5.41, 5.74) is 0.331. The first-order chi connectivity index (χ1) is 7.60. The average Bonchev–Trinajstić information content (AvgIpc) is 2.29. The Balaban J connectivity index is 2.99. The minimum Gasteiger partial charge on any atom is -0.462 e. The molecule has 0 aliphatic carbocycles. The number of anilines is 1. The Morgan fingerprint density at radius 2 is 2.12 bits per heavy atom. The lowest BCUT2D eigenvalue weighted by Crippen LogP contribution is -2.37. The van der Waals surface area contributed by atoms with Gasteiger partial charge in [-0.1, -0.05) is 6.07 Å². The third kappa shape index (κ3) is 2.56. The van der Waals surface area contributed by atoms with Gasteiger partial charge in [0, 0.05) is 12.2 Å². The Hall–Kier alpha value is -1.91. The zero-order chi connectivity index (χ0) is 12.1. The third-order valence-corrected chi connectivity index (χ3v) is 2.04. The molecule has 0 aromatic heterocycles. The normalized spacial score (nSPS) is 9.69. The Morgan fingerprint density at radius 3 is 2.62 bits per heavy atom. The molecule has 5 heteroatoms. The first-order valence-electron chi connectivity index (χ1n) is 4.75. The summed E-state index contributed by atoms with van der Waals surface area (Å²) in [6.45, 7) is 1.95. The highest BCUT2D eigenvalue weighted by molar-refractivity contribution is 6.38. The summed E-state index contributed by atoms with van der Waals surface area (Å²) >= 11 is 0. The summed E-state index contributed by atoms with van der Waals surface area (Å²) in [4.78, 5) is 23.8. The number of likely N-dealkylation sites (N-methyl/N-ethyl adjacent to an activating group) is 1. The van der Waals surface area contributed by atoms with Crippen molar-refractivity contribution < 1.29 is 18.7 Å². The molecular formula is C11H12FNO3. The molecule has 0 heterocycles. The fourth-order valence-corrected chi connectivity index (χ4v) is 1.28. The van der Waals surface area contributed by atoms with Crippen LogP contribution in [0.5, 0.6) is 0 Å². The second kappa shape index (κ2) is 5.25. The third-order valence-electron chi connectivity index (χ3n) is 2.04. The lowest BCUT2D eigenvalue weighted by molar-refractivity contribution is -0.151. The van der Waals surface area contributed by atoms with Gasteiger partial charge in [-0.15, -0.1) is 0 Å². The molecule has 1 amide bonds. The molecule has 0 aliphatic heterocycles. The van der Waals surface area contributed by atoms with Crippen molar-refractivity contribution >= 4 is 17.6 Å². The Morgan fingerprint density at radius 1 is 1.44 bits per heavy atom. The number of nitrogens with zero attached hydrogens (tertiary/aromatic N) is 1. The van der Waals surface area contributed by atoms with Crippen molar-refractivity contribution in [2.45, 2.75) is 6.92 Å². The zero-order valence-electron chi connectivity index (χ0n) is 9.07. The van der Waals surface area contributed by atoms with E-state index in [0.29, 0.717) is 5.69 Å². The zero-order valence-corrected chi connectivity index (χ0v) is 9.07. The average molecular weight is 225 g/mol. The number of esters is 1. The van der Waals surface area contributed by atoms with Crippen LogP contribution in [0.3, 0.4) is 0 Å². The van der Waals surface area contributed by atoms with E-state index in [0.717, 1.165) is 12.0 Å². The van der Waals surface area contributed by atoms with Gasteiger partial charge in [-0.25, -0.2) is 9.18 Å². The number of hydrogen-bond acceptors (Lipinski definition) is 3. The van der Waals surface area contributed by atoms with Crippen LogP contribution in [0, 0.1) is 5.82 Å². The summed E-state index contributed by atoms with van der Waals surface area (Å²) in [6.07, 6.45) is 0. The number of benzene rings is 1. The van der Waals surface area contributed by atoms with E-state index in [4.69, 9.17) is 0 Å². The Kier molecular flexibility index (Phi) is 3.99. The quantitative estimate of drug-likeness (QED) is 0.564. The molecule has 0 radical (unpaired) electrons. The molecule has 0 bridgehead atoms. The Bertz CT molecular complexity index is 406. The van der Waals surface area contributed by atoms with Gasteiger partial charge < -0.3 is 9.64 Å². The summed E-state index contributed by atoms with van der Waals surface area (Å²) in [6, 6.07) is 5.47. The molecule has 0 atom stereocenters. The molecule has 0 aliphatic rings. The molecule has 0 unspecified atom stereocenters. The van der Waals surface area contributed by atoms with E-state index >= 15 is 0 Å². The summed E-state index contributed by atoms with van der Waals surface area (Å²) < 4.78 is 17.3. The molecule has 0 fully saturated rings. The number of hydrogen-bond donors (Lipinski definition) is 0. The standard InChI is InChI=1S/C11H12FNO3/c1-3-13(10(14)11(15)16-2)9-6-4-5-8(12)7-9/h4-7H,3H2,1-2H3. The fourth-order valence-electron chi connectivity index (χ4n) is 1.28. The van der Waals surface area contributed by atoms with Gasteiger partial charge in [0.25, 0.3) is 0 Å². The second-order valence-electron chi connectivity index (χ2n) is 3.02. The van der Waals surface area contributed by atoms with Gasteiger partial charge >= 0.3 is 11.9 Å². The van der Waals surface area contributed by atoms with Crippen LogP contribution < -0.4 is 4.90 Å². The van der Waals surface area contributed by atoms with Crippen LogP contribution in [-0.2, 0) is 14.3 Å². The van der Waals surface area contributed by atoms with Crippen molar-refractivity contribution in [3.8, 4) is 0 Å². The number of amides is 1. The molecule has 4 nitrogen and oxygen atoms in total. The van der Waals surface area contributed by atoms with Crippen molar-refractivity contribution in [2.75, 3.05) is 18.6 Å². The van der Waals surface area contributed by atoms with E-state index in [1.807, 2.05) is 0 Å². The van der Waals surface area contributed by atoms with E-state index in [1.165, 1.54) is 18.2 Å². The van der Waals surface area contributed by atoms with Crippen molar-refractivity contribution in [1.29, 1.82) is 0 Å². The maximum absolute atomic E-state index is 13.0. The van der Waals surface area contributed by atoms with Gasteiger partial charge in [0.2, 0.25) is 0 Å². The number of carbonyl (C=O) groups is 2. The van der Waals surface area contributed by atoms with Gasteiger partial charge in [0.05, 0.1) is 7.11 Å². The number of methoxy groups -OCH3 is 1. The first-order valence-corrected chi connectivity index (χ1v) is 4.75. The van der Waals surface area contributed by atoms with Crippen molar-refractivity contribution in [3.63, 3.8) is 0 Å². The van der Waals surface area contributed by atoms with Gasteiger partial charge in [-0.05, 0) is 25.1 Å². The molecule has 86 valence electrons. The van der Waals surface area contributed by atoms with Crippen LogP contribution in [0.15, 0.2) is 24.3 Å². The topological polar surface area (TPSA) is 46.6 Å². The largest absolute Gasteiger partial charge is 0.462 e. The van der Waals surface area contributed by atoms with Crippen molar-refractivity contribution in [2.24, 2.45) is 0 Å². The molecule has 16 heavy (non-hydrogen) atoms. The lowest BCUT2D eigenvalue weighted by atomic mass is 10.2. The van der Waals surface area contributed by atoms with Gasteiger partial charge in [-0.2, -0.15) is 0 Å². The molecule has 0 saturated carbocycles. The number of carbonyl (C=O) groups excluding carboxylic acids is 2. The van der Waals surface area contributed by atoms with Crippen molar-refractivity contribution in [1.82, 2.24) is 0 Å². The van der Waals surface area contributed by atoms with E-state index in [-0.39, 0.29) is 6.54 Å². The van der Waals surface area contributed by atoms with Crippen LogP contribution in [0.25, 0.3) is 0 Å². The first kappa shape index (κ1) is 12.2. The molecule has 1 rings (SSSR count). The van der Waals surface area contributed by atoms with Gasteiger partial charge in [-0.3, -0.25) is 4.79 Å². The van der Waals surface area contributed by atoms with Crippen LogP contribution >= 0.6 is 0 Å². The molecule has 0 saturated heterocycles. The second-order valence-corrected chi connectivity index (χ2v) is 3.02. The summed E-state index contributed by atoms with van der Waals surface area (Å²) in [7, 11) is 1.12. The van der Waals surface area contributed by atoms with E-state index in [9.17, 15) is 14.0 Å². The monoisotopic (exact) mass is 225 g/mol. The molecule has 1 aromatic rings. The summed E-state index contributed by atoms with van der Waals surface area (Å²) in [5, 5.41) is 0. The minimum atomic E-state index is -0.967. The van der Waals surface area contributed by atoms with Gasteiger partial charge in [0.15, 0.2) is 0 Å². The van der Waals surface area contributed by atoms with Crippen LogP contribution in [0.2, 0.25) is 0 Å².